The van der Waals surface area contributed by atoms with E-state index in [2.05, 4.69) is 39.4 Å². The highest BCUT2D eigenvalue weighted by Crippen LogP contribution is 2.16. The Hall–Kier alpha value is -5.21. The summed E-state index contributed by atoms with van der Waals surface area (Å²) in [6, 6.07) is 14.1. The van der Waals surface area contributed by atoms with Gasteiger partial charge < -0.3 is 30.7 Å². The third kappa shape index (κ3) is 18.6. The zero-order valence-electron chi connectivity index (χ0n) is 33.8. The van der Waals surface area contributed by atoms with Gasteiger partial charge in [-0.05, 0) is 77.6 Å². The third-order valence-electron chi connectivity index (χ3n) is 7.27. The van der Waals surface area contributed by atoms with Gasteiger partial charge in [0.05, 0.1) is 7.11 Å². The summed E-state index contributed by atoms with van der Waals surface area (Å²) in [6.07, 6.45) is 0.963. The smallest absolute Gasteiger partial charge is 0.408 e. The molecule has 0 aliphatic rings. The number of ether oxygens (including phenoxy) is 2. The Bertz CT molecular complexity index is 1750. The van der Waals surface area contributed by atoms with Crippen molar-refractivity contribution in [3.63, 3.8) is 0 Å². The van der Waals surface area contributed by atoms with E-state index in [1.54, 1.807) is 53.1 Å². The number of hydroxylamine groups is 2. The number of hydrogen-bond acceptors (Lipinski definition) is 11. The molecule has 3 aromatic rings. The van der Waals surface area contributed by atoms with Crippen LogP contribution in [0.2, 0.25) is 0 Å². The average molecular weight is 779 g/mol. The number of Topliss-reactive ketones (excluding diaryl/α,β-unsaturated/α-hetero) is 1. The number of benzene rings is 2. The molecule has 1 heterocycles. The second-order valence-electron chi connectivity index (χ2n) is 14.9. The maximum Gasteiger partial charge on any atom is 0.408 e. The third-order valence-corrected chi connectivity index (χ3v) is 8.06. The number of nitrogens with one attached hydrogen (secondary N) is 4. The summed E-state index contributed by atoms with van der Waals surface area (Å²) in [5, 5.41) is 14.9. The van der Waals surface area contributed by atoms with Crippen molar-refractivity contribution in [2.24, 2.45) is 0 Å². The molecule has 300 valence electrons. The predicted molar refractivity (Wildman–Crippen MR) is 216 cm³/mol. The normalized spacial score (nSPS) is 12.1. The molecule has 14 heteroatoms. The van der Waals surface area contributed by atoms with Gasteiger partial charge in [0.1, 0.15) is 23.3 Å². The van der Waals surface area contributed by atoms with Crippen molar-refractivity contribution in [3.8, 4) is 0 Å². The Morgan fingerprint density at radius 1 is 0.764 bits per heavy atom. The van der Waals surface area contributed by atoms with Crippen molar-refractivity contribution < 1.29 is 33.5 Å². The van der Waals surface area contributed by atoms with E-state index in [1.165, 1.54) is 25.5 Å². The quantitative estimate of drug-likeness (QED) is 0.0895. The van der Waals surface area contributed by atoms with E-state index in [0.717, 1.165) is 38.7 Å². The van der Waals surface area contributed by atoms with Gasteiger partial charge in [-0.3, -0.25) is 14.4 Å². The summed E-state index contributed by atoms with van der Waals surface area (Å²) in [4.78, 5) is 58.9. The van der Waals surface area contributed by atoms with E-state index in [1.807, 2.05) is 62.4 Å². The van der Waals surface area contributed by atoms with Crippen LogP contribution in [0.3, 0.4) is 0 Å². The van der Waals surface area contributed by atoms with Crippen molar-refractivity contribution in [1.82, 2.24) is 31.3 Å². The number of thiazole rings is 1. The molecular formula is C41H58N6O7S. The van der Waals surface area contributed by atoms with Crippen LogP contribution in [0.1, 0.15) is 87.4 Å². The lowest BCUT2D eigenvalue weighted by Crippen LogP contribution is -2.49. The highest BCUT2D eigenvalue weighted by atomic mass is 32.1. The number of carbonyl (C=O) groups excluding carboxylic acids is 4. The van der Waals surface area contributed by atoms with Gasteiger partial charge in [-0.25, -0.2) is 19.6 Å². The first kappa shape index (κ1) is 45.9. The summed E-state index contributed by atoms with van der Waals surface area (Å²) in [5.41, 5.74) is 4.43. The van der Waals surface area contributed by atoms with Crippen LogP contribution in [0.5, 0.6) is 0 Å². The first-order valence-corrected chi connectivity index (χ1v) is 18.7. The van der Waals surface area contributed by atoms with E-state index in [0.29, 0.717) is 30.9 Å². The molecule has 4 N–H and O–H groups in total. The zero-order chi connectivity index (χ0) is 41.3. The fourth-order valence-electron chi connectivity index (χ4n) is 4.82. The molecule has 0 aliphatic carbocycles. The fraction of sp³-hybridized carbons (Fsp3) is 0.439. The van der Waals surface area contributed by atoms with Crippen molar-refractivity contribution in [2.45, 2.75) is 105 Å². The van der Waals surface area contributed by atoms with Crippen LogP contribution >= 0.6 is 11.3 Å². The molecule has 0 fully saturated rings. The number of rotatable bonds is 16. The Labute approximate surface area is 329 Å². The lowest BCUT2D eigenvalue weighted by atomic mass is 10.0. The molecule has 0 saturated heterocycles. The first-order chi connectivity index (χ1) is 25.6. The number of amides is 3. The first-order valence-electron chi connectivity index (χ1n) is 17.8. The number of allylic oxidation sites excluding steroid dienone is 2. The molecule has 3 amide bonds. The van der Waals surface area contributed by atoms with Crippen molar-refractivity contribution in [1.29, 1.82) is 0 Å². The summed E-state index contributed by atoms with van der Waals surface area (Å²) < 4.78 is 10.6. The molecule has 0 bridgehead atoms. The molecule has 0 spiro atoms. The molecule has 1 aromatic heterocycles. The maximum absolute atomic E-state index is 12.9. The lowest BCUT2D eigenvalue weighted by Gasteiger charge is -2.25. The number of aromatic nitrogens is 1. The Kier molecular flexibility index (Phi) is 18.1. The number of ketones is 1. The highest BCUT2D eigenvalue weighted by molar-refractivity contribution is 7.11. The number of alkyl carbamates (subject to hydrolysis) is 2. The molecule has 13 nitrogen and oxygen atoms in total. The van der Waals surface area contributed by atoms with Crippen LogP contribution in [0.4, 0.5) is 9.59 Å². The molecule has 0 unspecified atom stereocenters. The van der Waals surface area contributed by atoms with E-state index >= 15 is 0 Å². The van der Waals surface area contributed by atoms with Gasteiger partial charge in [0.2, 0.25) is 5.78 Å². The maximum atomic E-state index is 12.9. The van der Waals surface area contributed by atoms with E-state index in [9.17, 15) is 19.2 Å². The average Bonchev–Trinajstić information content (AvgIpc) is 3.63. The minimum Gasteiger partial charge on any atom is -0.444 e. The SMILES string of the molecule is C=C(C)NCc1cccc(C[C@H](NC(=O)OC(C)(C)C)C(=O)N(C)OC)c1.C=C(C)NCc1cccc(C[C@H](NC(=O)OC(C)(C)C)C(=O)c2nccs2)c1. The predicted octanol–water partition coefficient (Wildman–Crippen LogP) is 6.85. The van der Waals surface area contributed by atoms with Crippen LogP contribution < -0.4 is 21.3 Å². The van der Waals surface area contributed by atoms with Crippen LogP contribution in [0, 0.1) is 0 Å². The molecule has 0 aliphatic heterocycles. The minimum absolute atomic E-state index is 0.230. The topological polar surface area (TPSA) is 160 Å². The molecule has 2 aromatic carbocycles. The minimum atomic E-state index is -0.811. The summed E-state index contributed by atoms with van der Waals surface area (Å²) in [6.45, 7) is 23.4. The molecule has 2 atom stereocenters. The van der Waals surface area contributed by atoms with E-state index in [4.69, 9.17) is 14.3 Å². The summed E-state index contributed by atoms with van der Waals surface area (Å²) in [7, 11) is 2.89. The van der Waals surface area contributed by atoms with Crippen LogP contribution in [0.25, 0.3) is 0 Å². The number of likely N-dealkylation sites (N-methyl/N-ethyl adjacent to an activating group) is 1. The lowest BCUT2D eigenvalue weighted by molar-refractivity contribution is -0.171. The molecule has 55 heavy (non-hydrogen) atoms. The molecular weight excluding hydrogens is 721 g/mol. The van der Waals surface area contributed by atoms with Gasteiger partial charge in [-0.1, -0.05) is 61.7 Å². The largest absolute Gasteiger partial charge is 0.444 e. The highest BCUT2D eigenvalue weighted by Gasteiger charge is 2.28. The summed E-state index contributed by atoms with van der Waals surface area (Å²) in [5.74, 6) is -0.597. The van der Waals surface area contributed by atoms with Gasteiger partial charge in [0.25, 0.3) is 5.91 Å². The standard InChI is InChI=1S/C21H27N3O3S.C20H31N3O4/c1-14(2)23-13-16-8-6-7-15(11-16)12-17(18(25)19-22-9-10-28-19)24-20(26)27-21(3,4)5;1-14(2)21-13-16-10-8-9-15(11-16)12-17(18(24)23(6)26-7)22-19(25)27-20(3,4)5/h6-11,17,23H,1,12-13H2,2-5H3,(H,24,26);8-11,17,21H,1,12-13H2,2-7H3,(H,22,25)/t2*17-/m00/s1. The second-order valence-corrected chi connectivity index (χ2v) is 15.8. The van der Waals surface area contributed by atoms with Gasteiger partial charge in [0.15, 0.2) is 5.01 Å². The van der Waals surface area contributed by atoms with Gasteiger partial charge >= 0.3 is 12.2 Å². The van der Waals surface area contributed by atoms with Crippen LogP contribution in [0.15, 0.2) is 84.7 Å². The van der Waals surface area contributed by atoms with Gasteiger partial charge in [-0.2, -0.15) is 0 Å². The van der Waals surface area contributed by atoms with Gasteiger partial charge in [0, 0.05) is 55.9 Å². The summed E-state index contributed by atoms with van der Waals surface area (Å²) >= 11 is 1.25. The van der Waals surface area contributed by atoms with Gasteiger partial charge in [-0.15, -0.1) is 11.3 Å². The van der Waals surface area contributed by atoms with Crippen LogP contribution in [-0.2, 0) is 45.0 Å². The van der Waals surface area contributed by atoms with Crippen molar-refractivity contribution in [3.05, 3.63) is 112 Å². The van der Waals surface area contributed by atoms with E-state index in [-0.39, 0.29) is 11.7 Å². The molecule has 3 rings (SSSR count). The van der Waals surface area contributed by atoms with Crippen LogP contribution in [-0.4, -0.2) is 71.4 Å². The number of hydrogen-bond donors (Lipinski definition) is 4. The number of carbonyl (C=O) groups is 4. The van der Waals surface area contributed by atoms with Crippen molar-refractivity contribution in [2.75, 3.05) is 14.2 Å². The fourth-order valence-corrected chi connectivity index (χ4v) is 5.45. The Balaban J connectivity index is 0.000000380. The zero-order valence-corrected chi connectivity index (χ0v) is 34.6. The van der Waals surface area contributed by atoms with E-state index < -0.39 is 35.5 Å². The molecule has 0 saturated carbocycles. The Morgan fingerprint density at radius 2 is 1.20 bits per heavy atom. The number of nitrogens with zero attached hydrogens (tertiary/aromatic N) is 2. The second kappa shape index (κ2) is 21.6. The molecule has 0 radical (unpaired) electrons. The monoisotopic (exact) mass is 778 g/mol. The van der Waals surface area contributed by atoms with Crippen molar-refractivity contribution >= 4 is 35.2 Å². The Morgan fingerprint density at radius 3 is 1.60 bits per heavy atom.